The van der Waals surface area contributed by atoms with Gasteiger partial charge >= 0.3 is 5.97 Å². The van der Waals surface area contributed by atoms with Crippen molar-refractivity contribution in [1.29, 1.82) is 0 Å². The largest absolute Gasteiger partial charge is 0.476 e. The van der Waals surface area contributed by atoms with Crippen molar-refractivity contribution in [2.45, 2.75) is 51.1 Å². The Bertz CT molecular complexity index is 473. The Kier molecular flexibility index (Phi) is 3.74. The molecule has 1 aromatic heterocycles. The lowest BCUT2D eigenvalue weighted by molar-refractivity contribution is 0.0276. The number of hydrogen-bond acceptors (Lipinski definition) is 4. The van der Waals surface area contributed by atoms with E-state index < -0.39 is 5.97 Å². The maximum atomic E-state index is 10.8. The normalized spacial score (nSPS) is 28.2. The van der Waals surface area contributed by atoms with Gasteiger partial charge in [-0.1, -0.05) is 18.6 Å². The molecule has 6 nitrogen and oxygen atoms in total. The number of hydrogen-bond donors (Lipinski definition) is 1. The van der Waals surface area contributed by atoms with Crippen molar-refractivity contribution in [3.8, 4) is 0 Å². The lowest BCUT2D eigenvalue weighted by Crippen LogP contribution is -2.53. The molecular weight excluding hydrogens is 256 g/mol. The predicted molar refractivity (Wildman–Crippen MR) is 73.6 cm³/mol. The number of carboxylic acids is 1. The van der Waals surface area contributed by atoms with Crippen molar-refractivity contribution in [2.75, 3.05) is 13.1 Å². The van der Waals surface area contributed by atoms with Crippen molar-refractivity contribution in [3.05, 3.63) is 11.9 Å². The molecule has 20 heavy (non-hydrogen) atoms. The minimum absolute atomic E-state index is 0.0342. The molecule has 6 heteroatoms. The average molecular weight is 278 g/mol. The zero-order valence-corrected chi connectivity index (χ0v) is 11.9. The Labute approximate surface area is 118 Å². The highest BCUT2D eigenvalue weighted by molar-refractivity contribution is 5.84. The molecule has 1 saturated carbocycles. The fraction of sp³-hybridized carbons (Fsp3) is 0.786. The topological polar surface area (TPSA) is 71.2 Å². The Morgan fingerprint density at radius 1 is 1.30 bits per heavy atom. The Balaban J connectivity index is 1.50. The summed E-state index contributed by atoms with van der Waals surface area (Å²) in [6.45, 7) is 4.24. The van der Waals surface area contributed by atoms with Gasteiger partial charge in [0, 0.05) is 19.1 Å². The highest BCUT2D eigenvalue weighted by Gasteiger charge is 2.35. The molecule has 0 bridgehead atoms. The van der Waals surface area contributed by atoms with Gasteiger partial charge in [0.25, 0.3) is 0 Å². The van der Waals surface area contributed by atoms with E-state index in [0.717, 1.165) is 25.0 Å². The summed E-state index contributed by atoms with van der Waals surface area (Å²) >= 11 is 0. The molecule has 0 amide bonds. The average Bonchev–Trinajstić information content (AvgIpc) is 2.87. The van der Waals surface area contributed by atoms with Gasteiger partial charge in [-0.3, -0.25) is 4.90 Å². The first-order valence-electron chi connectivity index (χ1n) is 7.56. The van der Waals surface area contributed by atoms with E-state index in [-0.39, 0.29) is 5.69 Å². The number of aromatic nitrogens is 3. The Morgan fingerprint density at radius 3 is 2.55 bits per heavy atom. The van der Waals surface area contributed by atoms with E-state index in [1.165, 1.54) is 32.1 Å². The van der Waals surface area contributed by atoms with Gasteiger partial charge in [-0.2, -0.15) is 0 Å². The number of likely N-dealkylation sites (tertiary alicyclic amines) is 1. The molecule has 0 unspecified atom stereocenters. The molecule has 110 valence electrons. The minimum atomic E-state index is -1.01. The number of carboxylic acid groups (broad SMARTS) is 1. The van der Waals surface area contributed by atoms with E-state index in [4.69, 9.17) is 5.11 Å². The van der Waals surface area contributed by atoms with Crippen molar-refractivity contribution in [1.82, 2.24) is 19.9 Å². The van der Waals surface area contributed by atoms with Crippen LogP contribution in [0.2, 0.25) is 0 Å². The predicted octanol–water partition coefficient (Wildman–Crippen LogP) is 1.80. The van der Waals surface area contributed by atoms with E-state index in [9.17, 15) is 4.79 Å². The van der Waals surface area contributed by atoms with Crippen LogP contribution in [-0.2, 0) is 0 Å². The highest BCUT2D eigenvalue weighted by atomic mass is 16.4. The van der Waals surface area contributed by atoms with Crippen LogP contribution in [-0.4, -0.2) is 50.1 Å². The Morgan fingerprint density at radius 2 is 2.00 bits per heavy atom. The first-order chi connectivity index (χ1) is 9.67. The zero-order valence-electron chi connectivity index (χ0n) is 11.9. The summed E-state index contributed by atoms with van der Waals surface area (Å²) in [5.41, 5.74) is 0.0342. The molecule has 0 spiro atoms. The first kappa shape index (κ1) is 13.5. The molecule has 1 aromatic rings. The smallest absolute Gasteiger partial charge is 0.358 e. The number of aromatic carboxylic acids is 1. The lowest BCUT2D eigenvalue weighted by Gasteiger charge is -2.46. The van der Waals surface area contributed by atoms with Crippen LogP contribution in [0.25, 0.3) is 0 Å². The summed E-state index contributed by atoms with van der Waals surface area (Å²) < 4.78 is 1.71. The summed E-state index contributed by atoms with van der Waals surface area (Å²) in [5, 5.41) is 16.4. The second-order valence-corrected chi connectivity index (χ2v) is 6.08. The minimum Gasteiger partial charge on any atom is -0.476 e. The standard InChI is InChI=1S/C14H22N4O2/c1-2-10-3-5-11(6-4-10)17-7-12(8-17)18-9-13(14(19)20)15-16-18/h9-12H,2-8H2,1H3,(H,19,20). The third-order valence-electron chi connectivity index (χ3n) is 4.90. The van der Waals surface area contributed by atoms with Crippen LogP contribution in [0.3, 0.4) is 0 Å². The molecule has 1 saturated heterocycles. The van der Waals surface area contributed by atoms with Crippen LogP contribution in [0, 0.1) is 5.92 Å². The summed E-state index contributed by atoms with van der Waals surface area (Å²) in [5.74, 6) is -0.0814. The number of nitrogens with zero attached hydrogens (tertiary/aromatic N) is 4. The molecular formula is C14H22N4O2. The summed E-state index contributed by atoms with van der Waals surface area (Å²) in [4.78, 5) is 13.3. The third kappa shape index (κ3) is 2.57. The molecule has 1 aliphatic heterocycles. The van der Waals surface area contributed by atoms with E-state index in [2.05, 4.69) is 22.1 Å². The summed E-state index contributed by atoms with van der Waals surface area (Å²) in [6.07, 6.45) is 8.18. The second-order valence-electron chi connectivity index (χ2n) is 6.08. The van der Waals surface area contributed by atoms with Gasteiger partial charge in [-0.25, -0.2) is 9.48 Å². The summed E-state index contributed by atoms with van der Waals surface area (Å²) in [6, 6.07) is 1.01. The van der Waals surface area contributed by atoms with Crippen LogP contribution >= 0.6 is 0 Å². The molecule has 2 heterocycles. The van der Waals surface area contributed by atoms with Gasteiger partial charge in [0.2, 0.25) is 0 Å². The monoisotopic (exact) mass is 278 g/mol. The molecule has 2 aliphatic rings. The van der Waals surface area contributed by atoms with E-state index in [0.29, 0.717) is 6.04 Å². The van der Waals surface area contributed by atoms with E-state index in [1.54, 1.807) is 10.9 Å². The van der Waals surface area contributed by atoms with Crippen molar-refractivity contribution in [2.24, 2.45) is 5.92 Å². The van der Waals surface area contributed by atoms with Crippen LogP contribution in [0.15, 0.2) is 6.20 Å². The van der Waals surface area contributed by atoms with Crippen LogP contribution in [0.1, 0.15) is 55.6 Å². The molecule has 3 rings (SSSR count). The molecule has 1 aliphatic carbocycles. The molecule has 2 fully saturated rings. The van der Waals surface area contributed by atoms with Gasteiger partial charge in [0.1, 0.15) is 0 Å². The first-order valence-corrected chi connectivity index (χ1v) is 7.56. The SMILES string of the molecule is CCC1CCC(N2CC(n3cc(C(=O)O)nn3)C2)CC1. The molecule has 0 radical (unpaired) electrons. The fourth-order valence-electron chi connectivity index (χ4n) is 3.42. The lowest BCUT2D eigenvalue weighted by atomic mass is 9.83. The maximum Gasteiger partial charge on any atom is 0.358 e. The van der Waals surface area contributed by atoms with Crippen molar-refractivity contribution < 1.29 is 9.90 Å². The van der Waals surface area contributed by atoms with Crippen LogP contribution in [0.4, 0.5) is 0 Å². The van der Waals surface area contributed by atoms with E-state index in [1.807, 2.05) is 0 Å². The highest BCUT2D eigenvalue weighted by Crippen LogP contribution is 2.33. The third-order valence-corrected chi connectivity index (χ3v) is 4.90. The van der Waals surface area contributed by atoms with Gasteiger partial charge in [0.15, 0.2) is 5.69 Å². The fourth-order valence-corrected chi connectivity index (χ4v) is 3.42. The van der Waals surface area contributed by atoms with Gasteiger partial charge in [-0.15, -0.1) is 5.10 Å². The van der Waals surface area contributed by atoms with E-state index >= 15 is 0 Å². The van der Waals surface area contributed by atoms with Gasteiger partial charge in [-0.05, 0) is 31.6 Å². The van der Waals surface area contributed by atoms with Gasteiger partial charge < -0.3 is 5.11 Å². The quantitative estimate of drug-likeness (QED) is 0.909. The Hall–Kier alpha value is -1.43. The zero-order chi connectivity index (χ0) is 14.1. The van der Waals surface area contributed by atoms with Crippen molar-refractivity contribution in [3.63, 3.8) is 0 Å². The summed E-state index contributed by atoms with van der Waals surface area (Å²) in [7, 11) is 0. The molecule has 0 aromatic carbocycles. The molecule has 0 atom stereocenters. The second kappa shape index (κ2) is 5.52. The number of rotatable bonds is 4. The molecule has 1 N–H and O–H groups in total. The maximum absolute atomic E-state index is 10.8. The van der Waals surface area contributed by atoms with Crippen LogP contribution < -0.4 is 0 Å². The van der Waals surface area contributed by atoms with Crippen molar-refractivity contribution >= 4 is 5.97 Å². The van der Waals surface area contributed by atoms with Gasteiger partial charge in [0.05, 0.1) is 12.2 Å². The van der Waals surface area contributed by atoms with Crippen LogP contribution in [0.5, 0.6) is 0 Å². The number of carbonyl (C=O) groups is 1.